The Hall–Kier alpha value is -1.30. The number of hydrogen-bond donors (Lipinski definition) is 0. The van der Waals surface area contributed by atoms with Gasteiger partial charge in [-0.25, -0.2) is 4.79 Å². The Labute approximate surface area is 91.5 Å². The Morgan fingerprint density at radius 3 is 2.38 bits per heavy atom. The average Bonchev–Trinajstić information content (AvgIpc) is 2.20. The van der Waals surface area contributed by atoms with E-state index in [9.17, 15) is 18.0 Å². The first-order chi connectivity index (χ1) is 7.37. The van der Waals surface area contributed by atoms with Gasteiger partial charge in [0.25, 0.3) is 0 Å². The van der Waals surface area contributed by atoms with Gasteiger partial charge in [0.1, 0.15) is 6.61 Å². The van der Waals surface area contributed by atoms with Crippen molar-refractivity contribution in [1.82, 2.24) is 0 Å². The van der Waals surface area contributed by atoms with Crippen LogP contribution in [0.3, 0.4) is 0 Å². The molecule has 16 heavy (non-hydrogen) atoms. The largest absolute Gasteiger partial charge is 0.460 e. The van der Waals surface area contributed by atoms with E-state index in [4.69, 9.17) is 0 Å². The number of hydrogen-bond acceptors (Lipinski definition) is 3. The Morgan fingerprint density at radius 1 is 1.25 bits per heavy atom. The van der Waals surface area contributed by atoms with Crippen LogP contribution in [0.4, 0.5) is 13.2 Å². The van der Waals surface area contributed by atoms with Gasteiger partial charge in [-0.3, -0.25) is 0 Å². The van der Waals surface area contributed by atoms with Crippen molar-refractivity contribution in [3.05, 3.63) is 24.8 Å². The van der Waals surface area contributed by atoms with E-state index in [1.165, 1.54) is 6.08 Å². The van der Waals surface area contributed by atoms with Gasteiger partial charge in [0.2, 0.25) is 0 Å². The highest BCUT2D eigenvalue weighted by Crippen LogP contribution is 2.18. The third-order valence-corrected chi connectivity index (χ3v) is 1.50. The fraction of sp³-hybridized carbons (Fsp3) is 0.500. The van der Waals surface area contributed by atoms with E-state index < -0.39 is 25.2 Å². The summed E-state index contributed by atoms with van der Waals surface area (Å²) in [5.74, 6) is -0.658. The van der Waals surface area contributed by atoms with E-state index in [0.717, 1.165) is 0 Å². The van der Waals surface area contributed by atoms with Crippen molar-refractivity contribution in [2.75, 3.05) is 19.8 Å². The quantitative estimate of drug-likeness (QED) is 0.295. The molecule has 0 aliphatic heterocycles. The first kappa shape index (κ1) is 14.7. The Morgan fingerprint density at radius 2 is 1.88 bits per heavy atom. The van der Waals surface area contributed by atoms with Crippen LogP contribution in [0.2, 0.25) is 0 Å². The van der Waals surface area contributed by atoms with Crippen LogP contribution < -0.4 is 0 Å². The molecule has 0 aliphatic carbocycles. The second-order valence-electron chi connectivity index (χ2n) is 2.84. The Kier molecular flexibility index (Phi) is 6.48. The van der Waals surface area contributed by atoms with E-state index in [1.54, 1.807) is 0 Å². The van der Waals surface area contributed by atoms with Crippen LogP contribution in [0.15, 0.2) is 24.8 Å². The summed E-state index contributed by atoms with van der Waals surface area (Å²) >= 11 is 0. The third kappa shape index (κ3) is 8.05. The van der Waals surface area contributed by atoms with Gasteiger partial charge < -0.3 is 9.47 Å². The minimum absolute atomic E-state index is 0.0771. The molecule has 0 unspecified atom stereocenters. The first-order valence-corrected chi connectivity index (χ1v) is 4.50. The second-order valence-corrected chi connectivity index (χ2v) is 2.84. The molecule has 0 aliphatic rings. The predicted molar refractivity (Wildman–Crippen MR) is 51.8 cm³/mol. The summed E-state index contributed by atoms with van der Waals surface area (Å²) in [7, 11) is 0. The van der Waals surface area contributed by atoms with Crippen LogP contribution in [0.5, 0.6) is 0 Å². The van der Waals surface area contributed by atoms with Crippen LogP contribution in [-0.2, 0) is 14.3 Å². The smallest absolute Gasteiger partial charge is 0.391 e. The highest BCUT2D eigenvalue weighted by molar-refractivity contribution is 5.90. The number of alkyl halides is 3. The topological polar surface area (TPSA) is 35.5 Å². The SMILES string of the molecule is C=CC(=C)C(=O)OCCOCCC(F)(F)F. The number of carbonyl (C=O) groups is 1. The van der Waals surface area contributed by atoms with Crippen molar-refractivity contribution < 1.29 is 27.4 Å². The van der Waals surface area contributed by atoms with Crippen molar-refractivity contribution in [3.8, 4) is 0 Å². The van der Waals surface area contributed by atoms with Gasteiger partial charge >= 0.3 is 12.1 Å². The van der Waals surface area contributed by atoms with Gasteiger partial charge in [0, 0.05) is 0 Å². The molecule has 0 saturated heterocycles. The summed E-state index contributed by atoms with van der Waals surface area (Å²) in [6, 6.07) is 0. The molecule has 0 atom stereocenters. The molecule has 0 radical (unpaired) electrons. The zero-order chi connectivity index (χ0) is 12.6. The molecule has 0 fully saturated rings. The molecule has 0 saturated carbocycles. The number of esters is 1. The van der Waals surface area contributed by atoms with Gasteiger partial charge in [-0.1, -0.05) is 19.2 Å². The molecular formula is C10H13F3O3. The maximum Gasteiger partial charge on any atom is 0.391 e. The fourth-order valence-corrected chi connectivity index (χ4v) is 0.659. The standard InChI is InChI=1S/C10H13F3O3/c1-3-8(2)9(14)16-7-6-15-5-4-10(11,12)13/h3H,1-2,4-7H2. The van der Waals surface area contributed by atoms with Crippen LogP contribution in [0, 0.1) is 0 Å². The molecule has 0 spiro atoms. The van der Waals surface area contributed by atoms with E-state index in [-0.39, 0.29) is 18.8 Å². The highest BCUT2D eigenvalue weighted by atomic mass is 19.4. The van der Waals surface area contributed by atoms with Crippen molar-refractivity contribution in [1.29, 1.82) is 0 Å². The van der Waals surface area contributed by atoms with Crippen molar-refractivity contribution in [2.45, 2.75) is 12.6 Å². The molecule has 0 N–H and O–H groups in total. The summed E-state index contributed by atoms with van der Waals surface area (Å²) in [6.45, 7) is 6.02. The summed E-state index contributed by atoms with van der Waals surface area (Å²) in [4.78, 5) is 10.9. The molecule has 0 aromatic rings. The van der Waals surface area contributed by atoms with Crippen LogP contribution in [0.25, 0.3) is 0 Å². The van der Waals surface area contributed by atoms with Crippen LogP contribution in [-0.4, -0.2) is 32.0 Å². The van der Waals surface area contributed by atoms with Crippen molar-refractivity contribution >= 4 is 5.97 Å². The van der Waals surface area contributed by atoms with Gasteiger partial charge in [-0.15, -0.1) is 0 Å². The lowest BCUT2D eigenvalue weighted by Crippen LogP contribution is -2.15. The summed E-state index contributed by atoms with van der Waals surface area (Å²) in [5.41, 5.74) is 0.0929. The minimum atomic E-state index is -4.23. The number of carbonyl (C=O) groups excluding carboxylic acids is 1. The third-order valence-electron chi connectivity index (χ3n) is 1.50. The zero-order valence-electron chi connectivity index (χ0n) is 8.68. The molecule has 0 bridgehead atoms. The number of rotatable bonds is 7. The molecule has 0 rings (SSSR count). The van der Waals surface area contributed by atoms with Crippen LogP contribution in [0.1, 0.15) is 6.42 Å². The highest BCUT2D eigenvalue weighted by Gasteiger charge is 2.26. The molecular weight excluding hydrogens is 225 g/mol. The second kappa shape index (κ2) is 7.05. The van der Waals surface area contributed by atoms with Crippen molar-refractivity contribution in [3.63, 3.8) is 0 Å². The maximum atomic E-state index is 11.7. The minimum Gasteiger partial charge on any atom is -0.460 e. The number of halogens is 3. The first-order valence-electron chi connectivity index (χ1n) is 4.50. The van der Waals surface area contributed by atoms with E-state index in [1.807, 2.05) is 0 Å². The molecule has 0 aromatic carbocycles. The average molecular weight is 238 g/mol. The summed E-state index contributed by atoms with van der Waals surface area (Å²) in [5, 5.41) is 0. The Bertz CT molecular complexity index is 259. The molecule has 0 aromatic heterocycles. The zero-order valence-corrected chi connectivity index (χ0v) is 8.68. The number of ether oxygens (including phenoxy) is 2. The van der Waals surface area contributed by atoms with E-state index in [0.29, 0.717) is 0 Å². The van der Waals surface area contributed by atoms with E-state index >= 15 is 0 Å². The molecule has 3 nitrogen and oxygen atoms in total. The lowest BCUT2D eigenvalue weighted by molar-refractivity contribution is -0.149. The van der Waals surface area contributed by atoms with Gasteiger partial charge in [0.05, 0.1) is 25.2 Å². The van der Waals surface area contributed by atoms with Crippen molar-refractivity contribution in [2.24, 2.45) is 0 Å². The van der Waals surface area contributed by atoms with Crippen LogP contribution >= 0.6 is 0 Å². The van der Waals surface area contributed by atoms with Gasteiger partial charge in [-0.2, -0.15) is 13.2 Å². The predicted octanol–water partition coefficient (Wildman–Crippen LogP) is 2.24. The Balaban J connectivity index is 3.44. The lowest BCUT2D eigenvalue weighted by Gasteiger charge is -2.07. The molecule has 6 heteroatoms. The summed E-state index contributed by atoms with van der Waals surface area (Å²) < 4.78 is 44.2. The fourth-order valence-electron chi connectivity index (χ4n) is 0.659. The van der Waals surface area contributed by atoms with Gasteiger partial charge in [0.15, 0.2) is 0 Å². The van der Waals surface area contributed by atoms with E-state index in [2.05, 4.69) is 22.6 Å². The normalized spacial score (nSPS) is 10.9. The molecule has 0 amide bonds. The molecule has 0 heterocycles. The summed E-state index contributed by atoms with van der Waals surface area (Å²) in [6.07, 6.45) is -4.01. The monoisotopic (exact) mass is 238 g/mol. The van der Waals surface area contributed by atoms with Gasteiger partial charge in [-0.05, 0) is 0 Å². The molecule has 92 valence electrons. The lowest BCUT2D eigenvalue weighted by atomic mass is 10.3. The maximum absolute atomic E-state index is 11.7.